The highest BCUT2D eigenvalue weighted by Gasteiger charge is 2.17. The highest BCUT2D eigenvalue weighted by Crippen LogP contribution is 2.30. The van der Waals surface area contributed by atoms with Gasteiger partial charge in [0.05, 0.1) is 13.2 Å². The molecule has 0 saturated heterocycles. The maximum atomic E-state index is 6.10. The molecule has 0 fully saturated rings. The number of halogens is 1. The Bertz CT molecular complexity index is 613. The molecule has 0 spiro atoms. The Hall–Kier alpha value is -1.55. The monoisotopic (exact) mass is 290 g/mol. The molecule has 2 aromatic carbocycles. The largest absolute Gasteiger partial charge is 0.497 e. The van der Waals surface area contributed by atoms with Crippen molar-refractivity contribution in [2.24, 2.45) is 5.84 Å². The molecule has 0 aromatic heterocycles. The Morgan fingerprint density at radius 1 is 1.05 bits per heavy atom. The fourth-order valence-corrected chi connectivity index (χ4v) is 2.55. The van der Waals surface area contributed by atoms with E-state index in [1.165, 1.54) is 0 Å². The first kappa shape index (κ1) is 14.9. The number of methoxy groups -OCH3 is 1. The van der Waals surface area contributed by atoms with Gasteiger partial charge in [-0.25, -0.2) is 5.43 Å². The molecule has 0 saturated carbocycles. The average molecular weight is 291 g/mol. The second-order valence-electron chi connectivity index (χ2n) is 4.82. The standard InChI is InChI=1S/C16H19ClN2O/c1-10-4-5-12(17)9-15(10)16(19-18)14-7-6-13(20-3)8-11(14)2/h4-9,16,19H,18H2,1-3H3. The molecule has 4 heteroatoms. The summed E-state index contributed by atoms with van der Waals surface area (Å²) in [4.78, 5) is 0. The summed E-state index contributed by atoms with van der Waals surface area (Å²) in [6, 6.07) is 11.7. The Morgan fingerprint density at radius 2 is 1.80 bits per heavy atom. The maximum absolute atomic E-state index is 6.10. The van der Waals surface area contributed by atoms with Crippen LogP contribution in [0.2, 0.25) is 5.02 Å². The Kier molecular flexibility index (Phi) is 4.65. The fourth-order valence-electron chi connectivity index (χ4n) is 2.37. The van der Waals surface area contributed by atoms with Crippen LogP contribution in [0, 0.1) is 13.8 Å². The minimum Gasteiger partial charge on any atom is -0.497 e. The second kappa shape index (κ2) is 6.27. The van der Waals surface area contributed by atoms with E-state index in [4.69, 9.17) is 22.2 Å². The number of hydrazine groups is 1. The van der Waals surface area contributed by atoms with E-state index in [2.05, 4.69) is 12.3 Å². The van der Waals surface area contributed by atoms with Gasteiger partial charge in [0.15, 0.2) is 0 Å². The number of hydrogen-bond donors (Lipinski definition) is 2. The summed E-state index contributed by atoms with van der Waals surface area (Å²) in [6.45, 7) is 4.09. The quantitative estimate of drug-likeness (QED) is 0.669. The van der Waals surface area contributed by atoms with E-state index in [-0.39, 0.29) is 6.04 Å². The van der Waals surface area contributed by atoms with Crippen LogP contribution >= 0.6 is 11.6 Å². The van der Waals surface area contributed by atoms with E-state index >= 15 is 0 Å². The third-order valence-corrected chi connectivity index (χ3v) is 3.74. The number of rotatable bonds is 4. The van der Waals surface area contributed by atoms with Gasteiger partial charge >= 0.3 is 0 Å². The molecule has 0 aliphatic rings. The molecular formula is C16H19ClN2O. The molecule has 1 unspecified atom stereocenters. The fraction of sp³-hybridized carbons (Fsp3) is 0.250. The number of aryl methyl sites for hydroxylation is 2. The molecule has 3 nitrogen and oxygen atoms in total. The van der Waals surface area contributed by atoms with Crippen LogP contribution in [-0.2, 0) is 0 Å². The van der Waals surface area contributed by atoms with Crippen LogP contribution < -0.4 is 16.0 Å². The molecule has 0 radical (unpaired) electrons. The first-order chi connectivity index (χ1) is 9.56. The number of nitrogens with one attached hydrogen (secondary N) is 1. The van der Waals surface area contributed by atoms with Crippen LogP contribution in [0.3, 0.4) is 0 Å². The van der Waals surface area contributed by atoms with Crippen molar-refractivity contribution in [2.45, 2.75) is 19.9 Å². The van der Waals surface area contributed by atoms with Crippen molar-refractivity contribution < 1.29 is 4.74 Å². The SMILES string of the molecule is COc1ccc(C(NN)c2cc(Cl)ccc2C)c(C)c1. The summed E-state index contributed by atoms with van der Waals surface area (Å²) in [5.41, 5.74) is 7.33. The van der Waals surface area contributed by atoms with Gasteiger partial charge in [-0.3, -0.25) is 5.84 Å². The zero-order chi connectivity index (χ0) is 14.7. The van der Waals surface area contributed by atoms with Crippen LogP contribution in [0.15, 0.2) is 36.4 Å². The normalized spacial score (nSPS) is 12.2. The molecular weight excluding hydrogens is 272 g/mol. The van der Waals surface area contributed by atoms with E-state index in [0.29, 0.717) is 5.02 Å². The minimum atomic E-state index is -0.0976. The maximum Gasteiger partial charge on any atom is 0.119 e. The molecule has 0 bridgehead atoms. The van der Waals surface area contributed by atoms with Crippen molar-refractivity contribution in [1.82, 2.24) is 5.43 Å². The molecule has 1 atom stereocenters. The summed E-state index contributed by atoms with van der Waals surface area (Å²) < 4.78 is 5.24. The Balaban J connectivity index is 2.49. The lowest BCUT2D eigenvalue weighted by Gasteiger charge is -2.21. The van der Waals surface area contributed by atoms with Crippen molar-refractivity contribution in [3.05, 3.63) is 63.7 Å². The van der Waals surface area contributed by atoms with Gasteiger partial charge < -0.3 is 4.74 Å². The Morgan fingerprint density at radius 3 is 2.40 bits per heavy atom. The third-order valence-electron chi connectivity index (χ3n) is 3.51. The summed E-state index contributed by atoms with van der Waals surface area (Å²) in [6.07, 6.45) is 0. The molecule has 0 amide bonds. The van der Waals surface area contributed by atoms with Crippen LogP contribution in [0.5, 0.6) is 5.75 Å². The lowest BCUT2D eigenvalue weighted by Crippen LogP contribution is -2.30. The van der Waals surface area contributed by atoms with Gasteiger partial charge in [0, 0.05) is 5.02 Å². The van der Waals surface area contributed by atoms with Crippen LogP contribution in [0.1, 0.15) is 28.3 Å². The predicted octanol–water partition coefficient (Wildman–Crippen LogP) is 3.52. The van der Waals surface area contributed by atoms with Gasteiger partial charge in [-0.2, -0.15) is 0 Å². The van der Waals surface area contributed by atoms with Gasteiger partial charge in [-0.1, -0.05) is 23.7 Å². The van der Waals surface area contributed by atoms with Crippen LogP contribution in [0.4, 0.5) is 0 Å². The Labute approximate surface area is 124 Å². The van der Waals surface area contributed by atoms with Crippen molar-refractivity contribution in [3.8, 4) is 5.75 Å². The topological polar surface area (TPSA) is 47.3 Å². The summed E-state index contributed by atoms with van der Waals surface area (Å²) in [7, 11) is 1.66. The molecule has 20 heavy (non-hydrogen) atoms. The molecule has 2 aromatic rings. The van der Waals surface area contributed by atoms with E-state index in [0.717, 1.165) is 28.0 Å². The van der Waals surface area contributed by atoms with Crippen LogP contribution in [0.25, 0.3) is 0 Å². The van der Waals surface area contributed by atoms with Gasteiger partial charge in [0.1, 0.15) is 5.75 Å². The van der Waals surface area contributed by atoms with E-state index in [1.807, 2.05) is 43.3 Å². The number of hydrogen-bond acceptors (Lipinski definition) is 3. The van der Waals surface area contributed by atoms with Gasteiger partial charge in [-0.05, 0) is 60.4 Å². The van der Waals surface area contributed by atoms with Gasteiger partial charge in [0.25, 0.3) is 0 Å². The third kappa shape index (κ3) is 2.96. The molecule has 0 aliphatic carbocycles. The smallest absolute Gasteiger partial charge is 0.119 e. The second-order valence-corrected chi connectivity index (χ2v) is 5.26. The summed E-state index contributed by atoms with van der Waals surface area (Å²) in [5.74, 6) is 6.61. The van der Waals surface area contributed by atoms with E-state index < -0.39 is 0 Å². The molecule has 0 heterocycles. The number of nitrogens with two attached hydrogens (primary N) is 1. The van der Waals surface area contributed by atoms with E-state index in [1.54, 1.807) is 7.11 Å². The summed E-state index contributed by atoms with van der Waals surface area (Å²) >= 11 is 6.10. The number of ether oxygens (including phenoxy) is 1. The van der Waals surface area contributed by atoms with Gasteiger partial charge in [-0.15, -0.1) is 0 Å². The van der Waals surface area contributed by atoms with Crippen molar-refractivity contribution in [2.75, 3.05) is 7.11 Å². The highest BCUT2D eigenvalue weighted by atomic mass is 35.5. The van der Waals surface area contributed by atoms with Crippen molar-refractivity contribution >= 4 is 11.6 Å². The first-order valence-electron chi connectivity index (χ1n) is 6.43. The highest BCUT2D eigenvalue weighted by molar-refractivity contribution is 6.30. The number of benzene rings is 2. The van der Waals surface area contributed by atoms with Crippen molar-refractivity contribution in [3.63, 3.8) is 0 Å². The zero-order valence-electron chi connectivity index (χ0n) is 11.9. The molecule has 0 aliphatic heterocycles. The summed E-state index contributed by atoms with van der Waals surface area (Å²) in [5, 5.41) is 0.706. The minimum absolute atomic E-state index is 0.0976. The molecule has 3 N–H and O–H groups in total. The van der Waals surface area contributed by atoms with E-state index in [9.17, 15) is 0 Å². The lowest BCUT2D eigenvalue weighted by atomic mass is 9.92. The molecule has 106 valence electrons. The van der Waals surface area contributed by atoms with Crippen LogP contribution in [-0.4, -0.2) is 7.11 Å². The zero-order valence-corrected chi connectivity index (χ0v) is 12.7. The first-order valence-corrected chi connectivity index (χ1v) is 6.81. The molecule has 2 rings (SSSR count). The average Bonchev–Trinajstić information content (AvgIpc) is 2.44. The van der Waals surface area contributed by atoms with Crippen molar-refractivity contribution in [1.29, 1.82) is 0 Å². The predicted molar refractivity (Wildman–Crippen MR) is 83.1 cm³/mol. The lowest BCUT2D eigenvalue weighted by molar-refractivity contribution is 0.414. The van der Waals surface area contributed by atoms with Gasteiger partial charge in [0.2, 0.25) is 0 Å².